The molecule has 0 N–H and O–H groups in total. The Balaban J connectivity index is 1.80. The number of rotatable bonds is 4. The predicted molar refractivity (Wildman–Crippen MR) is 89.0 cm³/mol. The van der Waals surface area contributed by atoms with Crippen LogP contribution in [0.3, 0.4) is 0 Å². The molecule has 0 atom stereocenters. The van der Waals surface area contributed by atoms with Crippen molar-refractivity contribution in [1.82, 2.24) is 9.97 Å². The van der Waals surface area contributed by atoms with Gasteiger partial charge in [0, 0.05) is 6.20 Å². The van der Waals surface area contributed by atoms with E-state index in [2.05, 4.69) is 9.97 Å². The van der Waals surface area contributed by atoms with Gasteiger partial charge in [-0.05, 0) is 51.4 Å². The minimum atomic E-state index is -0.748. The molecule has 1 aromatic heterocycles. The Hall–Kier alpha value is -2.06. The van der Waals surface area contributed by atoms with E-state index in [1.54, 1.807) is 6.07 Å². The topological polar surface area (TPSA) is 53.5 Å². The average molecular weight is 348 g/mol. The maximum absolute atomic E-state index is 14.4. The van der Waals surface area contributed by atoms with Crippen LogP contribution in [0.15, 0.2) is 30.5 Å². The first-order valence-electron chi connectivity index (χ1n) is 7.93. The Morgan fingerprint density at radius 2 is 1.80 bits per heavy atom. The zero-order valence-corrected chi connectivity index (χ0v) is 14.5. The van der Waals surface area contributed by atoms with Crippen molar-refractivity contribution < 1.29 is 22.8 Å². The summed E-state index contributed by atoms with van der Waals surface area (Å²) in [6.07, 6.45) is 1.36. The summed E-state index contributed by atoms with van der Waals surface area (Å²) in [4.78, 5) is 7.69. The fraction of sp³-hybridized carbons (Fsp3) is 0.412. The highest BCUT2D eigenvalue weighted by Gasteiger charge is 2.51. The van der Waals surface area contributed by atoms with Crippen molar-refractivity contribution >= 4 is 12.6 Å². The van der Waals surface area contributed by atoms with E-state index in [4.69, 9.17) is 14.0 Å². The molecule has 1 aromatic carbocycles. The van der Waals surface area contributed by atoms with Gasteiger partial charge in [-0.2, -0.15) is 4.98 Å². The van der Waals surface area contributed by atoms with Gasteiger partial charge in [-0.25, -0.2) is 13.8 Å². The number of aromatic nitrogens is 2. The Bertz CT molecular complexity index is 770. The molecule has 1 fully saturated rings. The largest absolute Gasteiger partial charge is 0.494 e. The monoisotopic (exact) mass is 348 g/mol. The van der Waals surface area contributed by atoms with Crippen molar-refractivity contribution in [3.63, 3.8) is 0 Å². The second-order valence-electron chi connectivity index (χ2n) is 6.84. The third-order valence-corrected chi connectivity index (χ3v) is 4.51. The second-order valence-corrected chi connectivity index (χ2v) is 6.84. The van der Waals surface area contributed by atoms with Crippen LogP contribution in [-0.4, -0.2) is 28.3 Å². The van der Waals surface area contributed by atoms with Gasteiger partial charge in [0.1, 0.15) is 6.67 Å². The van der Waals surface area contributed by atoms with E-state index in [-0.39, 0.29) is 17.5 Å². The zero-order chi connectivity index (χ0) is 18.2. The molecule has 1 aliphatic heterocycles. The fourth-order valence-electron chi connectivity index (χ4n) is 2.32. The highest BCUT2D eigenvalue weighted by molar-refractivity contribution is 6.62. The number of hydrogen-bond donors (Lipinski definition) is 0. The Kier molecular flexibility index (Phi) is 4.51. The van der Waals surface area contributed by atoms with Crippen molar-refractivity contribution in [2.45, 2.75) is 45.6 Å². The van der Waals surface area contributed by atoms with Gasteiger partial charge in [0.05, 0.1) is 16.9 Å². The lowest BCUT2D eigenvalue weighted by Gasteiger charge is -2.32. The molecular formula is C17H19BF2N2O3. The first-order chi connectivity index (χ1) is 11.7. The molecule has 2 heterocycles. The summed E-state index contributed by atoms with van der Waals surface area (Å²) in [7, 11) is -0.667. The molecular weight excluding hydrogens is 329 g/mol. The molecule has 0 amide bonds. The van der Waals surface area contributed by atoms with E-state index in [1.807, 2.05) is 27.7 Å². The van der Waals surface area contributed by atoms with Gasteiger partial charge in [0.2, 0.25) is 0 Å². The molecule has 25 heavy (non-hydrogen) atoms. The summed E-state index contributed by atoms with van der Waals surface area (Å²) in [6, 6.07) is 5.69. The van der Waals surface area contributed by atoms with Crippen molar-refractivity contribution in [1.29, 1.82) is 0 Å². The molecule has 0 aliphatic carbocycles. The summed E-state index contributed by atoms with van der Waals surface area (Å²) < 4.78 is 44.1. The van der Waals surface area contributed by atoms with Crippen LogP contribution in [-0.2, 0) is 16.0 Å². The van der Waals surface area contributed by atoms with Crippen molar-refractivity contribution in [3.8, 4) is 11.8 Å². The van der Waals surface area contributed by atoms with Crippen LogP contribution in [0.1, 0.15) is 33.4 Å². The van der Waals surface area contributed by atoms with Gasteiger partial charge in [0.15, 0.2) is 11.6 Å². The number of benzene rings is 1. The number of nitrogens with zero attached hydrogens (tertiary/aromatic N) is 2. The molecule has 132 valence electrons. The molecule has 2 aromatic rings. The quantitative estimate of drug-likeness (QED) is 0.795. The van der Waals surface area contributed by atoms with Crippen molar-refractivity contribution in [2.75, 3.05) is 0 Å². The molecule has 0 unspecified atom stereocenters. The first-order valence-corrected chi connectivity index (χ1v) is 7.93. The van der Waals surface area contributed by atoms with Crippen molar-refractivity contribution in [2.24, 2.45) is 0 Å². The summed E-state index contributed by atoms with van der Waals surface area (Å²) in [5.41, 5.74) is -0.311. The van der Waals surface area contributed by atoms with E-state index < -0.39 is 30.8 Å². The number of alkyl halides is 1. The number of ether oxygens (including phenoxy) is 1. The second kappa shape index (κ2) is 6.35. The van der Waals surface area contributed by atoms with Gasteiger partial charge in [-0.15, -0.1) is 0 Å². The molecule has 3 rings (SSSR count). The minimum absolute atomic E-state index is 0.0590. The molecule has 0 radical (unpaired) electrons. The molecule has 5 nitrogen and oxygen atoms in total. The van der Waals surface area contributed by atoms with Gasteiger partial charge in [-0.1, -0.05) is 6.07 Å². The van der Waals surface area contributed by atoms with Crippen LogP contribution in [0.2, 0.25) is 0 Å². The first kappa shape index (κ1) is 17.8. The highest BCUT2D eigenvalue weighted by atomic mass is 19.1. The lowest BCUT2D eigenvalue weighted by molar-refractivity contribution is 0.00578. The number of hydrogen-bond acceptors (Lipinski definition) is 5. The van der Waals surface area contributed by atoms with Crippen LogP contribution < -0.4 is 10.2 Å². The molecule has 0 spiro atoms. The Morgan fingerprint density at radius 3 is 2.40 bits per heavy atom. The Labute approximate surface area is 145 Å². The average Bonchev–Trinajstić information content (AvgIpc) is 2.77. The summed E-state index contributed by atoms with van der Waals surface area (Å²) in [5, 5.41) is 0. The zero-order valence-electron chi connectivity index (χ0n) is 14.5. The fourth-order valence-corrected chi connectivity index (χ4v) is 2.32. The standard InChI is InChI=1S/C17H19BF2N2O3/c1-16(2)17(3,4)25-18(24-16)11-5-6-14(13(20)9-11)23-15-21-8-7-12(10-19)22-15/h5-9H,10H2,1-4H3. The van der Waals surface area contributed by atoms with Crippen LogP contribution in [0.5, 0.6) is 11.8 Å². The third-order valence-electron chi connectivity index (χ3n) is 4.51. The molecule has 1 saturated heterocycles. The van der Waals surface area contributed by atoms with E-state index in [9.17, 15) is 8.78 Å². The van der Waals surface area contributed by atoms with Crippen LogP contribution in [0.4, 0.5) is 8.78 Å². The SMILES string of the molecule is CC1(C)OB(c2ccc(Oc3nccc(CF)n3)c(F)c2)OC1(C)C. The summed E-state index contributed by atoms with van der Waals surface area (Å²) in [5.74, 6) is -0.669. The van der Waals surface area contributed by atoms with Gasteiger partial charge in [-0.3, -0.25) is 0 Å². The van der Waals surface area contributed by atoms with E-state index in [0.717, 1.165) is 0 Å². The summed E-state index contributed by atoms with van der Waals surface area (Å²) in [6.45, 7) is 6.96. The normalized spacial score (nSPS) is 18.4. The predicted octanol–water partition coefficient (Wildman–Crippen LogP) is 3.18. The van der Waals surface area contributed by atoms with E-state index >= 15 is 0 Å². The van der Waals surface area contributed by atoms with Gasteiger partial charge in [0.25, 0.3) is 0 Å². The Morgan fingerprint density at radius 1 is 1.12 bits per heavy atom. The molecule has 8 heteroatoms. The van der Waals surface area contributed by atoms with Gasteiger partial charge >= 0.3 is 13.1 Å². The smallest absolute Gasteiger partial charge is 0.421 e. The number of halogens is 2. The maximum Gasteiger partial charge on any atom is 0.494 e. The van der Waals surface area contributed by atoms with Gasteiger partial charge < -0.3 is 14.0 Å². The summed E-state index contributed by atoms with van der Waals surface area (Å²) >= 11 is 0. The van der Waals surface area contributed by atoms with Crippen LogP contribution >= 0.6 is 0 Å². The highest BCUT2D eigenvalue weighted by Crippen LogP contribution is 2.36. The lowest BCUT2D eigenvalue weighted by atomic mass is 9.79. The maximum atomic E-state index is 14.4. The van der Waals surface area contributed by atoms with Crippen LogP contribution in [0.25, 0.3) is 0 Å². The molecule has 0 saturated carbocycles. The lowest BCUT2D eigenvalue weighted by Crippen LogP contribution is -2.41. The van der Waals surface area contributed by atoms with E-state index in [1.165, 1.54) is 24.4 Å². The minimum Gasteiger partial charge on any atom is -0.421 e. The van der Waals surface area contributed by atoms with Crippen LogP contribution in [0, 0.1) is 5.82 Å². The third kappa shape index (κ3) is 3.50. The van der Waals surface area contributed by atoms with Crippen molar-refractivity contribution in [3.05, 3.63) is 42.0 Å². The van der Waals surface area contributed by atoms with E-state index in [0.29, 0.717) is 5.46 Å². The molecule has 1 aliphatic rings. The molecule has 0 bridgehead atoms.